The van der Waals surface area contributed by atoms with Gasteiger partial charge in [-0.05, 0) is 49.6 Å². The van der Waals surface area contributed by atoms with Crippen molar-refractivity contribution in [1.82, 2.24) is 10.3 Å². The Labute approximate surface area is 207 Å². The van der Waals surface area contributed by atoms with Crippen molar-refractivity contribution in [3.05, 3.63) is 76.1 Å². The molecule has 0 amide bonds. The van der Waals surface area contributed by atoms with Gasteiger partial charge in [-0.3, -0.25) is 9.59 Å². The van der Waals surface area contributed by atoms with Gasteiger partial charge in [0.05, 0.1) is 18.7 Å². The zero-order valence-corrected chi connectivity index (χ0v) is 20.9. The zero-order valence-electron chi connectivity index (χ0n) is 20.9. The molecule has 0 aliphatic carbocycles. The minimum atomic E-state index is -0.313. The van der Waals surface area contributed by atoms with Crippen LogP contribution in [-0.4, -0.2) is 42.2 Å². The molecule has 0 aliphatic heterocycles. The highest BCUT2D eigenvalue weighted by molar-refractivity contribution is 6.09. The van der Waals surface area contributed by atoms with Crippen molar-refractivity contribution in [2.24, 2.45) is 0 Å². The molecule has 0 aliphatic rings. The fraction of sp³-hybridized carbons (Fsp3) is 0.448. The van der Waals surface area contributed by atoms with E-state index in [-0.39, 0.29) is 29.1 Å². The van der Waals surface area contributed by atoms with Crippen LogP contribution in [0.4, 0.5) is 0 Å². The number of carbonyl (C=O) groups is 1. The molecular weight excluding hydrogens is 440 g/mol. The molecule has 0 fully saturated rings. The highest BCUT2D eigenvalue weighted by atomic mass is 16.5. The number of aromatic hydroxyl groups is 1. The lowest BCUT2D eigenvalue weighted by molar-refractivity contribution is 0.0814. The summed E-state index contributed by atoms with van der Waals surface area (Å²) in [6, 6.07) is 16.6. The molecule has 6 nitrogen and oxygen atoms in total. The van der Waals surface area contributed by atoms with Crippen molar-refractivity contribution in [3.63, 3.8) is 0 Å². The summed E-state index contributed by atoms with van der Waals surface area (Å²) in [5.41, 5.74) is 1.88. The monoisotopic (exact) mass is 478 g/mol. The number of hydrogen-bond acceptors (Lipinski definition) is 5. The molecule has 0 spiro atoms. The van der Waals surface area contributed by atoms with Crippen molar-refractivity contribution in [3.8, 4) is 5.75 Å². The Morgan fingerprint density at radius 3 is 2.57 bits per heavy atom. The lowest BCUT2D eigenvalue weighted by atomic mass is 9.79. The number of fused-ring (bicyclic) bond motifs is 1. The summed E-state index contributed by atoms with van der Waals surface area (Å²) >= 11 is 0. The molecule has 35 heavy (non-hydrogen) atoms. The third kappa shape index (κ3) is 7.51. The highest BCUT2D eigenvalue weighted by Crippen LogP contribution is 2.29. The number of hydrogen-bond donors (Lipinski definition) is 3. The summed E-state index contributed by atoms with van der Waals surface area (Å²) in [5, 5.41) is 13.7. The van der Waals surface area contributed by atoms with E-state index >= 15 is 0 Å². The van der Waals surface area contributed by atoms with Gasteiger partial charge in [0.2, 0.25) is 5.56 Å². The van der Waals surface area contributed by atoms with Crippen LogP contribution in [-0.2, 0) is 10.2 Å². The number of ether oxygens (including phenoxy) is 1. The smallest absolute Gasteiger partial charge is 0.248 e. The number of phenolic OH excluding ortho intramolecular Hbond substituents is 1. The summed E-state index contributed by atoms with van der Waals surface area (Å²) < 4.78 is 6.06. The van der Waals surface area contributed by atoms with E-state index in [1.54, 1.807) is 12.1 Å². The molecule has 0 radical (unpaired) electrons. The standard InChI is InChI=1S/C29H38N2O4/c1-3-17-29(2,22-11-7-6-8-12-22)21-35-19-10-5-4-9-18-30-20-26(33)23-13-15-25(32)28-24(23)14-16-27(34)31-28/h6-8,11-16,30,32H,3-5,9-10,17-21H2,1-2H3,(H,31,34). The van der Waals surface area contributed by atoms with Gasteiger partial charge in [0.15, 0.2) is 5.78 Å². The number of phenols is 1. The molecule has 1 heterocycles. The topological polar surface area (TPSA) is 91.4 Å². The lowest BCUT2D eigenvalue weighted by Crippen LogP contribution is -2.28. The van der Waals surface area contributed by atoms with Gasteiger partial charge in [-0.15, -0.1) is 0 Å². The average molecular weight is 479 g/mol. The van der Waals surface area contributed by atoms with E-state index in [4.69, 9.17) is 4.74 Å². The Morgan fingerprint density at radius 2 is 1.80 bits per heavy atom. The second-order valence-electron chi connectivity index (χ2n) is 9.49. The minimum absolute atomic E-state index is 0.0405. The third-order valence-electron chi connectivity index (χ3n) is 6.54. The molecule has 2 aromatic carbocycles. The molecule has 3 rings (SSSR count). The second-order valence-corrected chi connectivity index (χ2v) is 9.49. The van der Waals surface area contributed by atoms with E-state index in [0.29, 0.717) is 16.5 Å². The number of benzene rings is 2. The molecule has 0 bridgehead atoms. The van der Waals surface area contributed by atoms with Gasteiger partial charge >= 0.3 is 0 Å². The summed E-state index contributed by atoms with van der Waals surface area (Å²) in [7, 11) is 0. The van der Waals surface area contributed by atoms with Crippen molar-refractivity contribution in [2.45, 2.75) is 57.8 Å². The SMILES string of the molecule is CCCC(C)(COCCCCCCNCC(=O)c1ccc(O)c2[nH]c(=O)ccc12)c1ccccc1. The Kier molecular flexibility index (Phi) is 10.1. The number of carbonyl (C=O) groups excluding carboxylic acids is 1. The first-order valence-electron chi connectivity index (χ1n) is 12.7. The summed E-state index contributed by atoms with van der Waals surface area (Å²) in [4.78, 5) is 26.8. The molecule has 1 unspecified atom stereocenters. The second kappa shape index (κ2) is 13.2. The third-order valence-corrected chi connectivity index (χ3v) is 6.54. The first kappa shape index (κ1) is 26.6. The number of unbranched alkanes of at least 4 members (excludes halogenated alkanes) is 3. The van der Waals surface area contributed by atoms with Gasteiger partial charge in [-0.1, -0.05) is 63.4 Å². The van der Waals surface area contributed by atoms with Crippen LogP contribution in [0.25, 0.3) is 10.9 Å². The van der Waals surface area contributed by atoms with E-state index in [1.165, 1.54) is 17.7 Å². The molecule has 1 atom stereocenters. The van der Waals surface area contributed by atoms with Gasteiger partial charge in [0, 0.05) is 29.0 Å². The van der Waals surface area contributed by atoms with Gasteiger partial charge in [-0.25, -0.2) is 0 Å². The molecule has 0 saturated heterocycles. The van der Waals surface area contributed by atoms with Crippen LogP contribution in [0.2, 0.25) is 0 Å². The van der Waals surface area contributed by atoms with E-state index in [1.807, 2.05) is 0 Å². The number of ketones is 1. The van der Waals surface area contributed by atoms with Crippen LogP contribution < -0.4 is 10.9 Å². The maximum Gasteiger partial charge on any atom is 0.248 e. The van der Waals surface area contributed by atoms with Crippen molar-refractivity contribution >= 4 is 16.7 Å². The maximum atomic E-state index is 12.6. The van der Waals surface area contributed by atoms with Crippen molar-refractivity contribution in [1.29, 1.82) is 0 Å². The number of aromatic nitrogens is 1. The quantitative estimate of drug-likeness (QED) is 0.203. The minimum Gasteiger partial charge on any atom is -0.506 e. The fourth-order valence-corrected chi connectivity index (χ4v) is 4.57. The van der Waals surface area contributed by atoms with E-state index in [2.05, 4.69) is 54.5 Å². The lowest BCUT2D eigenvalue weighted by Gasteiger charge is -2.29. The van der Waals surface area contributed by atoms with Gasteiger partial charge < -0.3 is 20.1 Å². The number of rotatable bonds is 15. The van der Waals surface area contributed by atoms with Crippen LogP contribution in [0.5, 0.6) is 5.75 Å². The Morgan fingerprint density at radius 1 is 1.03 bits per heavy atom. The first-order valence-corrected chi connectivity index (χ1v) is 12.7. The Hall–Kier alpha value is -2.96. The zero-order chi connectivity index (χ0) is 25.1. The van der Waals surface area contributed by atoms with E-state index < -0.39 is 0 Å². The predicted octanol–water partition coefficient (Wildman–Crippen LogP) is 5.34. The Bertz CT molecular complexity index is 1140. The highest BCUT2D eigenvalue weighted by Gasteiger charge is 2.25. The van der Waals surface area contributed by atoms with Crippen molar-refractivity contribution in [2.75, 3.05) is 26.3 Å². The fourth-order valence-electron chi connectivity index (χ4n) is 4.57. The molecule has 3 aromatic rings. The van der Waals surface area contributed by atoms with Crippen LogP contribution in [0.15, 0.2) is 59.4 Å². The largest absolute Gasteiger partial charge is 0.506 e. The molecule has 6 heteroatoms. The molecular formula is C29H38N2O4. The number of nitrogens with one attached hydrogen (secondary N) is 2. The predicted molar refractivity (Wildman–Crippen MR) is 141 cm³/mol. The molecule has 0 saturated carbocycles. The van der Waals surface area contributed by atoms with Crippen LogP contribution in [0, 0.1) is 0 Å². The summed E-state index contributed by atoms with van der Waals surface area (Å²) in [6.07, 6.45) is 6.45. The molecule has 3 N–H and O–H groups in total. The number of aromatic amines is 1. The maximum absolute atomic E-state index is 12.6. The van der Waals surface area contributed by atoms with Gasteiger partial charge in [-0.2, -0.15) is 0 Å². The van der Waals surface area contributed by atoms with Gasteiger partial charge in [0.1, 0.15) is 5.75 Å². The summed E-state index contributed by atoms with van der Waals surface area (Å²) in [6.45, 7) is 7.01. The number of pyridine rings is 1. The first-order chi connectivity index (χ1) is 16.9. The van der Waals surface area contributed by atoms with Crippen LogP contribution in [0.1, 0.15) is 68.3 Å². The number of Topliss-reactive ketones (excluding diaryl/α,β-unsaturated/α-hetero) is 1. The Balaban J connectivity index is 1.31. The van der Waals surface area contributed by atoms with Gasteiger partial charge in [0.25, 0.3) is 0 Å². The van der Waals surface area contributed by atoms with Crippen LogP contribution >= 0.6 is 0 Å². The summed E-state index contributed by atoms with van der Waals surface area (Å²) in [5.74, 6) is -0.106. The molecule has 1 aromatic heterocycles. The van der Waals surface area contributed by atoms with E-state index in [0.717, 1.165) is 58.3 Å². The van der Waals surface area contributed by atoms with Crippen LogP contribution in [0.3, 0.4) is 0 Å². The van der Waals surface area contributed by atoms with E-state index in [9.17, 15) is 14.7 Å². The normalized spacial score (nSPS) is 13.1. The molecule has 188 valence electrons. The average Bonchev–Trinajstić information content (AvgIpc) is 2.86. The van der Waals surface area contributed by atoms with Crippen molar-refractivity contribution < 1.29 is 14.6 Å². The number of H-pyrrole nitrogens is 1.